The summed E-state index contributed by atoms with van der Waals surface area (Å²) in [5, 5.41) is 11.3. The van der Waals surface area contributed by atoms with Crippen molar-refractivity contribution in [2.75, 3.05) is 19.8 Å². The Kier molecular flexibility index (Phi) is 7.53. The topological polar surface area (TPSA) is 76.1 Å². The molecule has 0 aromatic heterocycles. The number of likely N-dealkylation sites (tertiary alicyclic amines) is 1. The number of aliphatic hydroxyl groups excluding tert-OH is 1. The minimum absolute atomic E-state index is 0.0591. The summed E-state index contributed by atoms with van der Waals surface area (Å²) in [4.78, 5) is 27.2. The van der Waals surface area contributed by atoms with Crippen molar-refractivity contribution < 1.29 is 28.6 Å². The molecule has 3 rings (SSSR count). The normalized spacial score (nSPS) is 17.9. The second-order valence-electron chi connectivity index (χ2n) is 7.54. The number of hydrogen-bond donors (Lipinski definition) is 1. The van der Waals surface area contributed by atoms with Crippen molar-refractivity contribution in [3.05, 3.63) is 70.0 Å². The molecule has 1 unspecified atom stereocenters. The van der Waals surface area contributed by atoms with E-state index in [4.69, 9.17) is 21.1 Å². The van der Waals surface area contributed by atoms with Crippen molar-refractivity contribution in [3.63, 3.8) is 0 Å². The number of carbonyl (C=O) groups excluding carboxylic acids is 2. The Bertz CT molecular complexity index is 1040. The minimum atomic E-state index is -0.918. The number of aliphatic hydroxyl groups is 1. The minimum Gasteiger partial charge on any atom is -0.507 e. The van der Waals surface area contributed by atoms with Gasteiger partial charge in [0.2, 0.25) is 0 Å². The summed E-state index contributed by atoms with van der Waals surface area (Å²) in [7, 11) is 0. The van der Waals surface area contributed by atoms with Crippen molar-refractivity contribution in [1.82, 2.24) is 4.90 Å². The number of ketones is 1. The van der Waals surface area contributed by atoms with Crippen LogP contribution in [-0.4, -0.2) is 47.6 Å². The maximum Gasteiger partial charge on any atom is 0.295 e. The number of nitrogens with zero attached hydrogens (tertiary/aromatic N) is 1. The zero-order valence-electron chi connectivity index (χ0n) is 18.1. The van der Waals surface area contributed by atoms with Crippen LogP contribution in [0.25, 0.3) is 5.76 Å². The van der Waals surface area contributed by atoms with E-state index >= 15 is 0 Å². The van der Waals surface area contributed by atoms with Crippen molar-refractivity contribution >= 4 is 29.1 Å². The second-order valence-corrected chi connectivity index (χ2v) is 7.95. The van der Waals surface area contributed by atoms with Gasteiger partial charge in [-0.05, 0) is 56.7 Å². The van der Waals surface area contributed by atoms with E-state index in [2.05, 4.69) is 0 Å². The van der Waals surface area contributed by atoms with Gasteiger partial charge in [0.05, 0.1) is 36.0 Å². The molecule has 1 N–H and O–H groups in total. The summed E-state index contributed by atoms with van der Waals surface area (Å²) in [5.74, 6) is -2.04. The van der Waals surface area contributed by atoms with Gasteiger partial charge < -0.3 is 19.5 Å². The lowest BCUT2D eigenvalue weighted by molar-refractivity contribution is -0.140. The van der Waals surface area contributed by atoms with Gasteiger partial charge in [0.25, 0.3) is 11.7 Å². The lowest BCUT2D eigenvalue weighted by Crippen LogP contribution is -2.33. The van der Waals surface area contributed by atoms with Crippen LogP contribution in [0.2, 0.25) is 5.02 Å². The summed E-state index contributed by atoms with van der Waals surface area (Å²) in [6, 6.07) is 9.21. The summed E-state index contributed by atoms with van der Waals surface area (Å²) >= 11 is 6.29. The Morgan fingerprint density at radius 1 is 1.19 bits per heavy atom. The number of benzene rings is 2. The van der Waals surface area contributed by atoms with Gasteiger partial charge in [-0.25, -0.2) is 4.39 Å². The molecule has 1 aliphatic heterocycles. The molecule has 0 aliphatic carbocycles. The van der Waals surface area contributed by atoms with Crippen LogP contribution in [0.5, 0.6) is 5.75 Å². The lowest BCUT2D eigenvalue weighted by Gasteiger charge is -2.25. The Balaban J connectivity index is 2.12. The standard InChI is InChI=1S/C24H25ClFNO5/c1-4-31-17-9-10-19(25)18(13-17)22(28)20-21(15-5-7-16(26)8-6-15)27(24(30)23(20)29)11-12-32-14(2)3/h5-10,13-14,21,28H,4,11-12H2,1-3H3/b22-20+. The molecule has 0 spiro atoms. The summed E-state index contributed by atoms with van der Waals surface area (Å²) in [6.45, 7) is 6.25. The van der Waals surface area contributed by atoms with Crippen molar-refractivity contribution in [1.29, 1.82) is 0 Å². The van der Waals surface area contributed by atoms with Crippen LogP contribution in [0.3, 0.4) is 0 Å². The lowest BCUT2D eigenvalue weighted by atomic mass is 9.95. The Labute approximate surface area is 191 Å². The van der Waals surface area contributed by atoms with Crippen LogP contribution >= 0.6 is 11.6 Å². The molecular formula is C24H25ClFNO5. The monoisotopic (exact) mass is 461 g/mol. The number of amides is 1. The zero-order chi connectivity index (χ0) is 23.4. The number of Topliss-reactive ketones (excluding diaryl/α,β-unsaturated/α-hetero) is 1. The molecule has 0 bridgehead atoms. The van der Waals surface area contributed by atoms with E-state index in [9.17, 15) is 19.1 Å². The van der Waals surface area contributed by atoms with Gasteiger partial charge in [-0.3, -0.25) is 9.59 Å². The first-order chi connectivity index (χ1) is 15.2. The second kappa shape index (κ2) is 10.1. The third-order valence-corrected chi connectivity index (χ3v) is 5.34. The fraction of sp³-hybridized carbons (Fsp3) is 0.333. The molecule has 1 aliphatic rings. The van der Waals surface area contributed by atoms with Crippen LogP contribution in [0.1, 0.15) is 37.9 Å². The molecule has 1 fully saturated rings. The van der Waals surface area contributed by atoms with E-state index in [-0.39, 0.29) is 35.4 Å². The van der Waals surface area contributed by atoms with E-state index in [0.717, 1.165) is 0 Å². The molecule has 8 heteroatoms. The number of ether oxygens (including phenoxy) is 2. The molecular weight excluding hydrogens is 437 g/mol. The Morgan fingerprint density at radius 3 is 2.50 bits per heavy atom. The molecule has 32 heavy (non-hydrogen) atoms. The highest BCUT2D eigenvalue weighted by Gasteiger charge is 2.46. The molecule has 0 saturated carbocycles. The quantitative estimate of drug-likeness (QED) is 0.349. The maximum atomic E-state index is 13.5. The van der Waals surface area contributed by atoms with Gasteiger partial charge in [-0.15, -0.1) is 0 Å². The predicted octanol–water partition coefficient (Wildman–Crippen LogP) is 4.72. The average molecular weight is 462 g/mol. The van der Waals surface area contributed by atoms with E-state index in [1.165, 1.54) is 35.2 Å². The molecule has 6 nitrogen and oxygen atoms in total. The SMILES string of the molecule is CCOc1ccc(Cl)c(/C(O)=C2\C(=O)C(=O)N(CCOC(C)C)C2c2ccc(F)cc2)c1. The van der Waals surface area contributed by atoms with Crippen molar-refractivity contribution in [2.45, 2.75) is 32.9 Å². The molecule has 2 aromatic carbocycles. The number of carbonyl (C=O) groups is 2. The number of rotatable bonds is 8. The van der Waals surface area contributed by atoms with Gasteiger partial charge in [-0.2, -0.15) is 0 Å². The first-order valence-electron chi connectivity index (χ1n) is 10.3. The van der Waals surface area contributed by atoms with Gasteiger partial charge in [0.1, 0.15) is 17.3 Å². The highest BCUT2D eigenvalue weighted by Crippen LogP contribution is 2.41. The third-order valence-electron chi connectivity index (χ3n) is 5.01. The first kappa shape index (κ1) is 23.8. The highest BCUT2D eigenvalue weighted by molar-refractivity contribution is 6.47. The highest BCUT2D eigenvalue weighted by atomic mass is 35.5. The van der Waals surface area contributed by atoms with Gasteiger partial charge >= 0.3 is 0 Å². The predicted molar refractivity (Wildman–Crippen MR) is 119 cm³/mol. The van der Waals surface area contributed by atoms with Gasteiger partial charge in [0, 0.05) is 12.1 Å². The molecule has 170 valence electrons. The van der Waals surface area contributed by atoms with Crippen LogP contribution in [-0.2, 0) is 14.3 Å². The summed E-state index contributed by atoms with van der Waals surface area (Å²) in [5.41, 5.74) is 0.525. The van der Waals surface area contributed by atoms with E-state index in [1.807, 2.05) is 20.8 Å². The van der Waals surface area contributed by atoms with Crippen molar-refractivity contribution in [3.8, 4) is 5.75 Å². The Hall–Kier alpha value is -2.90. The van der Waals surface area contributed by atoms with Gasteiger partial charge in [0.15, 0.2) is 0 Å². The molecule has 1 heterocycles. The smallest absolute Gasteiger partial charge is 0.295 e. The van der Waals surface area contributed by atoms with Crippen LogP contribution in [0, 0.1) is 5.82 Å². The van der Waals surface area contributed by atoms with E-state index < -0.39 is 29.3 Å². The van der Waals surface area contributed by atoms with E-state index in [1.54, 1.807) is 12.1 Å². The number of hydrogen-bond acceptors (Lipinski definition) is 5. The van der Waals surface area contributed by atoms with E-state index in [0.29, 0.717) is 17.9 Å². The van der Waals surface area contributed by atoms with Crippen LogP contribution in [0.15, 0.2) is 48.0 Å². The first-order valence-corrected chi connectivity index (χ1v) is 10.7. The average Bonchev–Trinajstić information content (AvgIpc) is 3.00. The summed E-state index contributed by atoms with van der Waals surface area (Å²) in [6.07, 6.45) is -0.0591. The number of halogens is 2. The zero-order valence-corrected chi connectivity index (χ0v) is 18.9. The molecule has 1 saturated heterocycles. The van der Waals surface area contributed by atoms with Gasteiger partial charge in [-0.1, -0.05) is 23.7 Å². The fourth-order valence-corrected chi connectivity index (χ4v) is 3.78. The maximum absolute atomic E-state index is 13.5. The third kappa shape index (κ3) is 4.95. The molecule has 1 atom stereocenters. The van der Waals surface area contributed by atoms with Crippen LogP contribution in [0.4, 0.5) is 4.39 Å². The fourth-order valence-electron chi connectivity index (χ4n) is 3.58. The Morgan fingerprint density at radius 2 is 1.88 bits per heavy atom. The van der Waals surface area contributed by atoms with Crippen LogP contribution < -0.4 is 4.74 Å². The molecule has 2 aromatic rings. The largest absolute Gasteiger partial charge is 0.507 e. The summed E-state index contributed by atoms with van der Waals surface area (Å²) < 4.78 is 24.6. The molecule has 0 radical (unpaired) electrons. The molecule has 1 amide bonds. The van der Waals surface area contributed by atoms with Crippen molar-refractivity contribution in [2.24, 2.45) is 0 Å².